The average Bonchev–Trinajstić information content (AvgIpc) is 2.65. The van der Waals surface area contributed by atoms with Gasteiger partial charge in [-0.3, -0.25) is 9.59 Å². The highest BCUT2D eigenvalue weighted by molar-refractivity contribution is 5.85. The molecule has 0 spiro atoms. The van der Waals surface area contributed by atoms with Crippen molar-refractivity contribution in [1.82, 2.24) is 10.2 Å². The Morgan fingerprint density at radius 2 is 1.85 bits per heavy atom. The standard InChI is InChI=1S/C19H28FN3O2.ClH/c1-3-13(2)17(21)19(25)23-10-8-15(9-11-23)18(24)22-12-14-4-6-16(20)7-5-14;/h4-7,13,15,17H,3,8-12,21H2,1-2H3,(H,22,24);1H. The summed E-state index contributed by atoms with van der Waals surface area (Å²) in [5.41, 5.74) is 6.88. The van der Waals surface area contributed by atoms with E-state index in [1.807, 2.05) is 13.8 Å². The van der Waals surface area contributed by atoms with Crippen LogP contribution in [0, 0.1) is 17.7 Å². The summed E-state index contributed by atoms with van der Waals surface area (Å²) >= 11 is 0. The number of nitrogens with two attached hydrogens (primary N) is 1. The van der Waals surface area contributed by atoms with E-state index in [0.29, 0.717) is 32.5 Å². The van der Waals surface area contributed by atoms with Gasteiger partial charge in [0, 0.05) is 25.6 Å². The molecule has 0 radical (unpaired) electrons. The molecule has 5 nitrogen and oxygen atoms in total. The summed E-state index contributed by atoms with van der Waals surface area (Å²) < 4.78 is 12.9. The Kier molecular flexibility index (Phi) is 9.02. The lowest BCUT2D eigenvalue weighted by Gasteiger charge is -2.34. The van der Waals surface area contributed by atoms with Crippen molar-refractivity contribution < 1.29 is 14.0 Å². The zero-order valence-corrected chi connectivity index (χ0v) is 16.2. The molecule has 7 heteroatoms. The number of likely N-dealkylation sites (tertiary alicyclic amines) is 1. The van der Waals surface area contributed by atoms with Crippen LogP contribution >= 0.6 is 12.4 Å². The first-order valence-corrected chi connectivity index (χ1v) is 8.98. The third kappa shape index (κ3) is 5.95. The van der Waals surface area contributed by atoms with Crippen molar-refractivity contribution in [3.05, 3.63) is 35.6 Å². The predicted molar refractivity (Wildman–Crippen MR) is 102 cm³/mol. The van der Waals surface area contributed by atoms with Crippen molar-refractivity contribution in [3.8, 4) is 0 Å². The quantitative estimate of drug-likeness (QED) is 0.789. The van der Waals surface area contributed by atoms with E-state index < -0.39 is 6.04 Å². The van der Waals surface area contributed by atoms with Gasteiger partial charge in [0.15, 0.2) is 0 Å². The smallest absolute Gasteiger partial charge is 0.239 e. The van der Waals surface area contributed by atoms with Crippen molar-refractivity contribution in [2.24, 2.45) is 17.6 Å². The number of hydrogen-bond acceptors (Lipinski definition) is 3. The maximum Gasteiger partial charge on any atom is 0.239 e. The molecule has 0 aromatic heterocycles. The second-order valence-corrected chi connectivity index (χ2v) is 6.86. The summed E-state index contributed by atoms with van der Waals surface area (Å²) in [6, 6.07) is 5.62. The summed E-state index contributed by atoms with van der Waals surface area (Å²) in [6.45, 7) is 5.53. The van der Waals surface area contributed by atoms with Crippen LogP contribution in [0.4, 0.5) is 4.39 Å². The molecular formula is C19H29ClFN3O2. The number of rotatable bonds is 6. The molecule has 0 bridgehead atoms. The highest BCUT2D eigenvalue weighted by atomic mass is 35.5. The summed E-state index contributed by atoms with van der Waals surface area (Å²) in [5.74, 6) is -0.251. The number of amides is 2. The molecule has 0 saturated carbocycles. The van der Waals surface area contributed by atoms with Crippen molar-refractivity contribution in [1.29, 1.82) is 0 Å². The lowest BCUT2D eigenvalue weighted by Crippen LogP contribution is -2.50. The number of piperidine rings is 1. The Labute approximate surface area is 160 Å². The number of carbonyl (C=O) groups is 2. The fourth-order valence-corrected chi connectivity index (χ4v) is 3.01. The van der Waals surface area contributed by atoms with Gasteiger partial charge in [0.1, 0.15) is 5.82 Å². The second kappa shape index (κ2) is 10.5. The Bertz CT molecular complexity index is 589. The monoisotopic (exact) mass is 385 g/mol. The third-order valence-electron chi connectivity index (χ3n) is 5.10. The SMILES string of the molecule is CCC(C)C(N)C(=O)N1CCC(C(=O)NCc2ccc(F)cc2)CC1.Cl. The first kappa shape index (κ1) is 22.4. The van der Waals surface area contributed by atoms with Crippen LogP contribution in [-0.4, -0.2) is 35.8 Å². The number of halogens is 2. The Morgan fingerprint density at radius 1 is 1.27 bits per heavy atom. The van der Waals surface area contributed by atoms with E-state index in [2.05, 4.69) is 5.32 Å². The normalized spacial score (nSPS) is 17.2. The molecule has 146 valence electrons. The second-order valence-electron chi connectivity index (χ2n) is 6.86. The van der Waals surface area contributed by atoms with Crippen LogP contribution in [0.1, 0.15) is 38.7 Å². The minimum absolute atomic E-state index is 0. The first-order chi connectivity index (χ1) is 11.9. The van der Waals surface area contributed by atoms with Gasteiger partial charge in [-0.15, -0.1) is 12.4 Å². The van der Waals surface area contributed by atoms with Crippen LogP contribution in [0.5, 0.6) is 0 Å². The number of nitrogens with one attached hydrogen (secondary N) is 1. The molecule has 0 aliphatic carbocycles. The highest BCUT2D eigenvalue weighted by Crippen LogP contribution is 2.19. The van der Waals surface area contributed by atoms with E-state index in [1.165, 1.54) is 12.1 Å². The van der Waals surface area contributed by atoms with Crippen molar-refractivity contribution >= 4 is 24.2 Å². The Hall–Kier alpha value is -1.66. The largest absolute Gasteiger partial charge is 0.352 e. The van der Waals surface area contributed by atoms with E-state index >= 15 is 0 Å². The number of nitrogens with zero attached hydrogens (tertiary/aromatic N) is 1. The molecule has 2 rings (SSSR count). The van der Waals surface area contributed by atoms with Gasteiger partial charge in [-0.05, 0) is 36.5 Å². The molecule has 1 saturated heterocycles. The summed E-state index contributed by atoms with van der Waals surface area (Å²) in [6.07, 6.45) is 2.16. The van der Waals surface area contributed by atoms with Crippen LogP contribution in [-0.2, 0) is 16.1 Å². The number of benzene rings is 1. The molecular weight excluding hydrogens is 357 g/mol. The van der Waals surface area contributed by atoms with Gasteiger partial charge in [-0.25, -0.2) is 4.39 Å². The van der Waals surface area contributed by atoms with Gasteiger partial charge < -0.3 is 16.0 Å². The minimum Gasteiger partial charge on any atom is -0.352 e. The van der Waals surface area contributed by atoms with E-state index in [1.54, 1.807) is 17.0 Å². The van der Waals surface area contributed by atoms with E-state index in [0.717, 1.165) is 12.0 Å². The summed E-state index contributed by atoms with van der Waals surface area (Å²) in [5, 5.41) is 2.89. The molecule has 1 aliphatic rings. The molecule has 1 aromatic rings. The molecule has 2 amide bonds. The van der Waals surface area contributed by atoms with Gasteiger partial charge in [0.2, 0.25) is 11.8 Å². The maximum absolute atomic E-state index is 12.9. The molecule has 1 heterocycles. The van der Waals surface area contributed by atoms with Crippen LogP contribution in [0.2, 0.25) is 0 Å². The van der Waals surface area contributed by atoms with Gasteiger partial charge in [-0.2, -0.15) is 0 Å². The molecule has 2 unspecified atom stereocenters. The van der Waals surface area contributed by atoms with E-state index in [-0.39, 0.29) is 41.9 Å². The fourth-order valence-electron chi connectivity index (χ4n) is 3.01. The summed E-state index contributed by atoms with van der Waals surface area (Å²) in [7, 11) is 0. The van der Waals surface area contributed by atoms with Crippen LogP contribution < -0.4 is 11.1 Å². The van der Waals surface area contributed by atoms with Crippen LogP contribution in [0.15, 0.2) is 24.3 Å². The average molecular weight is 386 g/mol. The van der Waals surface area contributed by atoms with Crippen molar-refractivity contribution in [2.75, 3.05) is 13.1 Å². The van der Waals surface area contributed by atoms with E-state index in [4.69, 9.17) is 5.73 Å². The Balaban J connectivity index is 0.00000338. The van der Waals surface area contributed by atoms with Crippen LogP contribution in [0.25, 0.3) is 0 Å². The van der Waals surface area contributed by atoms with Gasteiger partial charge >= 0.3 is 0 Å². The molecule has 26 heavy (non-hydrogen) atoms. The molecule has 2 atom stereocenters. The van der Waals surface area contributed by atoms with Crippen molar-refractivity contribution in [3.63, 3.8) is 0 Å². The van der Waals surface area contributed by atoms with Crippen LogP contribution in [0.3, 0.4) is 0 Å². The maximum atomic E-state index is 12.9. The van der Waals surface area contributed by atoms with Crippen molar-refractivity contribution in [2.45, 2.75) is 45.7 Å². The summed E-state index contributed by atoms with van der Waals surface area (Å²) in [4.78, 5) is 26.5. The molecule has 1 fully saturated rings. The minimum atomic E-state index is -0.464. The fraction of sp³-hybridized carbons (Fsp3) is 0.579. The zero-order chi connectivity index (χ0) is 18.4. The van der Waals surface area contributed by atoms with E-state index in [9.17, 15) is 14.0 Å². The highest BCUT2D eigenvalue weighted by Gasteiger charge is 2.30. The Morgan fingerprint density at radius 3 is 2.38 bits per heavy atom. The molecule has 1 aromatic carbocycles. The molecule has 1 aliphatic heterocycles. The van der Waals surface area contributed by atoms with Gasteiger partial charge in [0.05, 0.1) is 6.04 Å². The predicted octanol–water partition coefficient (Wildman–Crippen LogP) is 2.48. The van der Waals surface area contributed by atoms with Gasteiger partial charge in [0.25, 0.3) is 0 Å². The number of hydrogen-bond donors (Lipinski definition) is 2. The lowest BCUT2D eigenvalue weighted by molar-refractivity contribution is -0.137. The zero-order valence-electron chi connectivity index (χ0n) is 15.4. The third-order valence-corrected chi connectivity index (χ3v) is 5.10. The number of carbonyl (C=O) groups excluding carboxylic acids is 2. The topological polar surface area (TPSA) is 75.4 Å². The first-order valence-electron chi connectivity index (χ1n) is 8.98. The molecule has 3 N–H and O–H groups in total. The lowest BCUT2D eigenvalue weighted by atomic mass is 9.93. The van der Waals surface area contributed by atoms with Gasteiger partial charge in [-0.1, -0.05) is 32.4 Å².